The molecule has 2 amide bonds. The minimum Gasteiger partial charge on any atom is -0.444 e. The summed E-state index contributed by atoms with van der Waals surface area (Å²) >= 11 is 3.35. The SMILES string of the molecule is CC#Cc1nc(NC(=O)C(C)N(C)C(=O)OC(C)(C)C)ccc1Br. The first-order chi connectivity index (χ1) is 11.0. The second-order valence-electron chi connectivity index (χ2n) is 6.16. The van der Waals surface area contributed by atoms with Crippen LogP contribution in [0.1, 0.15) is 40.3 Å². The summed E-state index contributed by atoms with van der Waals surface area (Å²) in [5, 5.41) is 2.68. The fourth-order valence-electron chi connectivity index (χ4n) is 1.62. The van der Waals surface area contributed by atoms with E-state index in [1.807, 2.05) is 0 Å². The Bertz CT molecular complexity index is 687. The van der Waals surface area contributed by atoms with E-state index >= 15 is 0 Å². The fourth-order valence-corrected chi connectivity index (χ4v) is 1.94. The number of aromatic nitrogens is 1. The molecule has 24 heavy (non-hydrogen) atoms. The van der Waals surface area contributed by atoms with Gasteiger partial charge in [-0.15, -0.1) is 0 Å². The maximum atomic E-state index is 12.3. The number of amides is 2. The summed E-state index contributed by atoms with van der Waals surface area (Å²) in [6.45, 7) is 8.63. The Labute approximate surface area is 151 Å². The summed E-state index contributed by atoms with van der Waals surface area (Å²) in [5.41, 5.74) is -0.0915. The predicted octanol–water partition coefficient (Wildman–Crippen LogP) is 3.41. The van der Waals surface area contributed by atoms with E-state index in [0.29, 0.717) is 11.5 Å². The lowest BCUT2D eigenvalue weighted by molar-refractivity contribution is -0.120. The highest BCUT2D eigenvalue weighted by Crippen LogP contribution is 2.17. The van der Waals surface area contributed by atoms with Crippen LogP contribution in [0.3, 0.4) is 0 Å². The van der Waals surface area contributed by atoms with Crippen molar-refractivity contribution in [1.29, 1.82) is 0 Å². The maximum Gasteiger partial charge on any atom is 0.410 e. The predicted molar refractivity (Wildman–Crippen MR) is 96.6 cm³/mol. The molecule has 0 saturated carbocycles. The molecule has 7 heteroatoms. The van der Waals surface area contributed by atoms with Crippen molar-refractivity contribution >= 4 is 33.7 Å². The average molecular weight is 396 g/mol. The van der Waals surface area contributed by atoms with Gasteiger partial charge in [-0.3, -0.25) is 9.69 Å². The molecule has 0 aromatic carbocycles. The molecule has 1 aromatic heterocycles. The first-order valence-electron chi connectivity index (χ1n) is 7.41. The van der Waals surface area contributed by atoms with Crippen molar-refractivity contribution in [2.24, 2.45) is 0 Å². The zero-order chi connectivity index (χ0) is 18.5. The summed E-state index contributed by atoms with van der Waals surface area (Å²) < 4.78 is 6.00. The van der Waals surface area contributed by atoms with Gasteiger partial charge in [0.25, 0.3) is 0 Å². The van der Waals surface area contributed by atoms with Crippen molar-refractivity contribution in [3.8, 4) is 11.8 Å². The van der Waals surface area contributed by atoms with Gasteiger partial charge in [0.1, 0.15) is 23.2 Å². The number of carbonyl (C=O) groups is 2. The van der Waals surface area contributed by atoms with Crippen LogP contribution in [-0.4, -0.2) is 40.6 Å². The molecule has 1 N–H and O–H groups in total. The molecule has 6 nitrogen and oxygen atoms in total. The molecule has 1 aromatic rings. The molecule has 0 saturated heterocycles. The van der Waals surface area contributed by atoms with Crippen LogP contribution in [0.4, 0.5) is 10.6 Å². The fraction of sp³-hybridized carbons (Fsp3) is 0.471. The Kier molecular flexibility index (Phi) is 6.79. The Balaban J connectivity index is 2.81. The standard InChI is InChI=1S/C17H22BrN3O3/c1-7-8-13-12(18)9-10-14(19-13)20-15(22)11(2)21(6)16(23)24-17(3,4)5/h9-11H,1-6H3,(H,19,20,22). The molecule has 0 aliphatic heterocycles. The quantitative estimate of drug-likeness (QED) is 0.795. The van der Waals surface area contributed by atoms with Crippen molar-refractivity contribution < 1.29 is 14.3 Å². The topological polar surface area (TPSA) is 71.5 Å². The lowest BCUT2D eigenvalue weighted by atomic mass is 10.2. The van der Waals surface area contributed by atoms with Crippen molar-refractivity contribution in [3.05, 3.63) is 22.3 Å². The van der Waals surface area contributed by atoms with E-state index in [1.165, 1.54) is 11.9 Å². The zero-order valence-electron chi connectivity index (χ0n) is 14.7. The van der Waals surface area contributed by atoms with E-state index in [2.05, 4.69) is 38.1 Å². The molecule has 0 spiro atoms. The largest absolute Gasteiger partial charge is 0.444 e. The van der Waals surface area contributed by atoms with Crippen molar-refractivity contribution in [2.75, 3.05) is 12.4 Å². The second-order valence-corrected chi connectivity index (χ2v) is 7.01. The molecule has 1 atom stereocenters. The number of halogens is 1. The summed E-state index contributed by atoms with van der Waals surface area (Å²) in [5.74, 6) is 5.60. The number of ether oxygens (including phenoxy) is 1. The smallest absolute Gasteiger partial charge is 0.410 e. The number of carbonyl (C=O) groups excluding carboxylic acids is 2. The molecule has 1 heterocycles. The number of hydrogen-bond acceptors (Lipinski definition) is 4. The van der Waals surface area contributed by atoms with Gasteiger partial charge in [-0.05, 0) is 68.6 Å². The van der Waals surface area contributed by atoms with Gasteiger partial charge in [0.15, 0.2) is 0 Å². The van der Waals surface area contributed by atoms with Crippen molar-refractivity contribution in [3.63, 3.8) is 0 Å². The third-order valence-electron chi connectivity index (χ3n) is 2.98. The third kappa shape index (κ3) is 5.85. The van der Waals surface area contributed by atoms with E-state index in [4.69, 9.17) is 4.74 Å². The summed E-state index contributed by atoms with van der Waals surface area (Å²) in [6, 6.07) is 2.69. The lowest BCUT2D eigenvalue weighted by Crippen LogP contribution is -2.45. The Morgan fingerprint density at radius 1 is 1.38 bits per heavy atom. The van der Waals surface area contributed by atoms with Gasteiger partial charge in [0.05, 0.1) is 4.47 Å². The number of rotatable bonds is 3. The van der Waals surface area contributed by atoms with Gasteiger partial charge in [-0.2, -0.15) is 0 Å². The number of nitrogens with one attached hydrogen (secondary N) is 1. The molecule has 0 fully saturated rings. The average Bonchev–Trinajstić information content (AvgIpc) is 2.47. The molecule has 0 aliphatic carbocycles. The highest BCUT2D eigenvalue weighted by molar-refractivity contribution is 9.10. The van der Waals surface area contributed by atoms with Gasteiger partial charge < -0.3 is 10.1 Å². The Morgan fingerprint density at radius 3 is 2.54 bits per heavy atom. The van der Waals surface area contributed by atoms with E-state index < -0.39 is 17.7 Å². The van der Waals surface area contributed by atoms with Crippen LogP contribution in [0.25, 0.3) is 0 Å². The van der Waals surface area contributed by atoms with Crippen LogP contribution >= 0.6 is 15.9 Å². The van der Waals surface area contributed by atoms with Crippen LogP contribution in [0.15, 0.2) is 16.6 Å². The minimum absolute atomic E-state index is 0.366. The van der Waals surface area contributed by atoms with E-state index in [0.717, 1.165) is 4.47 Å². The number of nitrogens with zero attached hydrogens (tertiary/aromatic N) is 2. The minimum atomic E-state index is -0.717. The summed E-state index contributed by atoms with van der Waals surface area (Å²) in [4.78, 5) is 29.9. The number of likely N-dealkylation sites (N-methyl/N-ethyl adjacent to an activating group) is 1. The normalized spacial score (nSPS) is 11.8. The first-order valence-corrected chi connectivity index (χ1v) is 8.20. The molecule has 0 bridgehead atoms. The second kappa shape index (κ2) is 8.15. The molecule has 1 unspecified atom stereocenters. The van der Waals surface area contributed by atoms with Crippen molar-refractivity contribution in [1.82, 2.24) is 9.88 Å². The molecule has 1 rings (SSSR count). The van der Waals surface area contributed by atoms with Gasteiger partial charge in [0.2, 0.25) is 5.91 Å². The molecular weight excluding hydrogens is 374 g/mol. The number of anilines is 1. The Morgan fingerprint density at radius 2 is 2.00 bits per heavy atom. The highest BCUT2D eigenvalue weighted by Gasteiger charge is 2.27. The lowest BCUT2D eigenvalue weighted by Gasteiger charge is -2.28. The third-order valence-corrected chi connectivity index (χ3v) is 3.62. The van der Waals surface area contributed by atoms with Crippen LogP contribution in [-0.2, 0) is 9.53 Å². The maximum absolute atomic E-state index is 12.3. The van der Waals surface area contributed by atoms with Crippen LogP contribution < -0.4 is 5.32 Å². The van der Waals surface area contributed by atoms with Crippen molar-refractivity contribution in [2.45, 2.75) is 46.3 Å². The highest BCUT2D eigenvalue weighted by atomic mass is 79.9. The van der Waals surface area contributed by atoms with Crippen LogP contribution in [0.2, 0.25) is 0 Å². The molecular formula is C17H22BrN3O3. The summed E-state index contributed by atoms with van der Waals surface area (Å²) in [6.07, 6.45) is -0.563. The van der Waals surface area contributed by atoms with Crippen LogP contribution in [0.5, 0.6) is 0 Å². The van der Waals surface area contributed by atoms with E-state index in [-0.39, 0.29) is 5.91 Å². The summed E-state index contributed by atoms with van der Waals surface area (Å²) in [7, 11) is 1.52. The van der Waals surface area contributed by atoms with Gasteiger partial charge in [-0.1, -0.05) is 5.92 Å². The van der Waals surface area contributed by atoms with Gasteiger partial charge in [-0.25, -0.2) is 9.78 Å². The number of pyridine rings is 1. The Hall–Kier alpha value is -2.07. The molecule has 130 valence electrons. The first kappa shape index (κ1) is 20.0. The van der Waals surface area contributed by atoms with Crippen LogP contribution in [0, 0.1) is 11.8 Å². The zero-order valence-corrected chi connectivity index (χ0v) is 16.3. The van der Waals surface area contributed by atoms with E-state index in [9.17, 15) is 9.59 Å². The molecule has 0 aliphatic rings. The van der Waals surface area contributed by atoms with Gasteiger partial charge >= 0.3 is 6.09 Å². The number of hydrogen-bond donors (Lipinski definition) is 1. The molecule has 0 radical (unpaired) electrons. The monoisotopic (exact) mass is 395 g/mol. The van der Waals surface area contributed by atoms with E-state index in [1.54, 1.807) is 46.8 Å². The van der Waals surface area contributed by atoms with Gasteiger partial charge in [0, 0.05) is 7.05 Å².